The standard InChI is InChI=1S/C14H10Br2N4/c15-9-1-2-13(12(16)3-9)20-6-8-5-19-14(18)10(4-17)11(8)7-20/h1-3,5H,6-7H2,(H2,18,19). The summed E-state index contributed by atoms with van der Waals surface area (Å²) >= 11 is 7.02. The lowest BCUT2D eigenvalue weighted by molar-refractivity contribution is 0.876. The Morgan fingerprint density at radius 1 is 1.30 bits per heavy atom. The number of nitriles is 1. The molecule has 1 aromatic carbocycles. The Balaban J connectivity index is 2.01. The molecule has 0 amide bonds. The van der Waals surface area contributed by atoms with Gasteiger partial charge < -0.3 is 10.6 Å². The topological polar surface area (TPSA) is 65.9 Å². The van der Waals surface area contributed by atoms with E-state index in [0.29, 0.717) is 17.9 Å². The molecule has 1 aromatic heterocycles. The Morgan fingerprint density at radius 3 is 2.80 bits per heavy atom. The number of nitrogens with zero attached hydrogens (tertiary/aromatic N) is 3. The van der Waals surface area contributed by atoms with Gasteiger partial charge in [-0.3, -0.25) is 0 Å². The van der Waals surface area contributed by atoms with Crippen LogP contribution in [0.5, 0.6) is 0 Å². The molecule has 2 N–H and O–H groups in total. The molecule has 1 aliphatic rings. The van der Waals surface area contributed by atoms with Crippen LogP contribution in [0.15, 0.2) is 33.3 Å². The first kappa shape index (κ1) is 13.4. The number of hydrogen-bond donors (Lipinski definition) is 1. The van der Waals surface area contributed by atoms with Gasteiger partial charge in [-0.15, -0.1) is 0 Å². The summed E-state index contributed by atoms with van der Waals surface area (Å²) in [5, 5.41) is 9.23. The van der Waals surface area contributed by atoms with Gasteiger partial charge >= 0.3 is 0 Å². The highest BCUT2D eigenvalue weighted by Crippen LogP contribution is 2.36. The number of aromatic nitrogens is 1. The molecule has 0 aliphatic carbocycles. The molecule has 0 fully saturated rings. The van der Waals surface area contributed by atoms with Crippen LogP contribution in [-0.2, 0) is 13.1 Å². The third-order valence-corrected chi connectivity index (χ3v) is 4.51. The fourth-order valence-electron chi connectivity index (χ4n) is 2.41. The maximum atomic E-state index is 9.23. The number of nitrogen functional groups attached to an aromatic ring is 1. The van der Waals surface area contributed by atoms with Crippen molar-refractivity contribution < 1.29 is 0 Å². The van der Waals surface area contributed by atoms with E-state index in [0.717, 1.165) is 32.3 Å². The Labute approximate surface area is 133 Å². The lowest BCUT2D eigenvalue weighted by Gasteiger charge is -2.19. The van der Waals surface area contributed by atoms with Crippen molar-refractivity contribution in [2.45, 2.75) is 13.1 Å². The van der Waals surface area contributed by atoms with Crippen LogP contribution in [0.4, 0.5) is 11.5 Å². The SMILES string of the molecule is N#Cc1c(N)ncc2c1CN(c1ccc(Br)cc1Br)C2. The highest BCUT2D eigenvalue weighted by atomic mass is 79.9. The van der Waals surface area contributed by atoms with E-state index < -0.39 is 0 Å². The van der Waals surface area contributed by atoms with E-state index in [2.05, 4.69) is 47.8 Å². The average Bonchev–Trinajstić information content (AvgIpc) is 2.82. The monoisotopic (exact) mass is 392 g/mol. The number of rotatable bonds is 1. The van der Waals surface area contributed by atoms with Crippen molar-refractivity contribution in [3.63, 3.8) is 0 Å². The summed E-state index contributed by atoms with van der Waals surface area (Å²) < 4.78 is 2.03. The number of benzene rings is 1. The van der Waals surface area contributed by atoms with Gasteiger partial charge in [0.15, 0.2) is 0 Å². The van der Waals surface area contributed by atoms with Gasteiger partial charge in [0.2, 0.25) is 0 Å². The molecule has 4 nitrogen and oxygen atoms in total. The molecule has 0 unspecified atom stereocenters. The second-order valence-electron chi connectivity index (χ2n) is 4.59. The maximum absolute atomic E-state index is 9.23. The predicted molar refractivity (Wildman–Crippen MR) is 85.1 cm³/mol. The molecule has 2 aromatic rings. The van der Waals surface area contributed by atoms with Crippen LogP contribution in [0.3, 0.4) is 0 Å². The summed E-state index contributed by atoms with van der Waals surface area (Å²) in [5.41, 5.74) is 9.40. The third-order valence-electron chi connectivity index (χ3n) is 3.38. The first-order chi connectivity index (χ1) is 9.60. The summed E-state index contributed by atoms with van der Waals surface area (Å²) in [5.74, 6) is 0.308. The minimum absolute atomic E-state index is 0.308. The first-order valence-electron chi connectivity index (χ1n) is 5.96. The molecule has 0 saturated carbocycles. The number of fused-ring (bicyclic) bond motifs is 1. The predicted octanol–water partition coefficient (Wildman–Crippen LogP) is 3.58. The van der Waals surface area contributed by atoms with E-state index in [4.69, 9.17) is 5.73 Å². The number of nitrogens with two attached hydrogens (primary N) is 1. The van der Waals surface area contributed by atoms with Crippen molar-refractivity contribution in [3.8, 4) is 6.07 Å². The molecule has 2 heterocycles. The van der Waals surface area contributed by atoms with E-state index >= 15 is 0 Å². The highest BCUT2D eigenvalue weighted by Gasteiger charge is 2.25. The molecule has 0 radical (unpaired) electrons. The summed E-state index contributed by atoms with van der Waals surface area (Å²) in [6, 6.07) is 8.21. The fourth-order valence-corrected chi connectivity index (χ4v) is 3.70. The molecular formula is C14H10Br2N4. The summed E-state index contributed by atoms with van der Waals surface area (Å²) in [6.45, 7) is 1.41. The zero-order valence-electron chi connectivity index (χ0n) is 10.4. The lowest BCUT2D eigenvalue weighted by Crippen LogP contribution is -2.15. The quantitative estimate of drug-likeness (QED) is 0.803. The largest absolute Gasteiger partial charge is 0.383 e. The fraction of sp³-hybridized carbons (Fsp3) is 0.143. The summed E-state index contributed by atoms with van der Waals surface area (Å²) in [7, 11) is 0. The van der Waals surface area contributed by atoms with Gasteiger partial charge in [0.25, 0.3) is 0 Å². The average molecular weight is 394 g/mol. The Kier molecular flexibility index (Phi) is 3.40. The lowest BCUT2D eigenvalue weighted by atomic mass is 10.1. The van der Waals surface area contributed by atoms with Crippen molar-refractivity contribution in [3.05, 3.63) is 50.0 Å². The van der Waals surface area contributed by atoms with Crippen LogP contribution in [0.2, 0.25) is 0 Å². The normalized spacial score (nSPS) is 13.2. The second-order valence-corrected chi connectivity index (χ2v) is 6.36. The van der Waals surface area contributed by atoms with E-state index in [1.54, 1.807) is 6.20 Å². The van der Waals surface area contributed by atoms with E-state index in [9.17, 15) is 5.26 Å². The van der Waals surface area contributed by atoms with Gasteiger partial charge in [-0.05, 0) is 45.3 Å². The summed E-state index contributed by atoms with van der Waals surface area (Å²) in [6.07, 6.45) is 1.76. The van der Waals surface area contributed by atoms with E-state index in [1.807, 2.05) is 18.2 Å². The van der Waals surface area contributed by atoms with E-state index in [1.165, 1.54) is 0 Å². The van der Waals surface area contributed by atoms with Crippen LogP contribution in [0.25, 0.3) is 0 Å². The van der Waals surface area contributed by atoms with E-state index in [-0.39, 0.29) is 0 Å². The van der Waals surface area contributed by atoms with Crippen molar-refractivity contribution in [2.24, 2.45) is 0 Å². The van der Waals surface area contributed by atoms with Gasteiger partial charge in [0, 0.05) is 28.2 Å². The Morgan fingerprint density at radius 2 is 2.10 bits per heavy atom. The van der Waals surface area contributed by atoms with Gasteiger partial charge in [-0.1, -0.05) is 15.9 Å². The van der Waals surface area contributed by atoms with Crippen LogP contribution in [-0.4, -0.2) is 4.98 Å². The molecule has 0 saturated heterocycles. The molecule has 0 spiro atoms. The highest BCUT2D eigenvalue weighted by molar-refractivity contribution is 9.11. The zero-order valence-corrected chi connectivity index (χ0v) is 13.6. The van der Waals surface area contributed by atoms with Crippen LogP contribution in [0.1, 0.15) is 16.7 Å². The first-order valence-corrected chi connectivity index (χ1v) is 7.55. The number of hydrogen-bond acceptors (Lipinski definition) is 4. The second kappa shape index (κ2) is 5.08. The van der Waals surface area contributed by atoms with Gasteiger partial charge in [-0.2, -0.15) is 5.26 Å². The molecule has 20 heavy (non-hydrogen) atoms. The minimum Gasteiger partial charge on any atom is -0.383 e. The van der Waals surface area contributed by atoms with Crippen LogP contribution < -0.4 is 10.6 Å². The smallest absolute Gasteiger partial charge is 0.141 e. The van der Waals surface area contributed by atoms with Crippen molar-refractivity contribution in [1.82, 2.24) is 4.98 Å². The van der Waals surface area contributed by atoms with Crippen molar-refractivity contribution in [1.29, 1.82) is 5.26 Å². The molecule has 0 atom stereocenters. The number of anilines is 2. The van der Waals surface area contributed by atoms with Crippen molar-refractivity contribution in [2.75, 3.05) is 10.6 Å². The molecule has 0 bridgehead atoms. The van der Waals surface area contributed by atoms with Gasteiger partial charge in [0.05, 0.1) is 11.3 Å². The number of pyridine rings is 1. The number of halogens is 2. The maximum Gasteiger partial charge on any atom is 0.141 e. The van der Waals surface area contributed by atoms with Gasteiger partial charge in [0.1, 0.15) is 11.9 Å². The molecule has 1 aliphatic heterocycles. The molecule has 100 valence electrons. The van der Waals surface area contributed by atoms with Crippen LogP contribution >= 0.6 is 31.9 Å². The molecule has 3 rings (SSSR count). The Bertz CT molecular complexity index is 737. The zero-order chi connectivity index (χ0) is 14.3. The Hall–Kier alpha value is -1.58. The van der Waals surface area contributed by atoms with Crippen molar-refractivity contribution >= 4 is 43.4 Å². The van der Waals surface area contributed by atoms with Crippen LogP contribution in [0, 0.1) is 11.3 Å². The molecule has 6 heteroatoms. The molecular weight excluding hydrogens is 384 g/mol. The summed E-state index contributed by atoms with van der Waals surface area (Å²) in [4.78, 5) is 6.29. The third kappa shape index (κ3) is 2.17. The minimum atomic E-state index is 0.308. The van der Waals surface area contributed by atoms with Gasteiger partial charge in [-0.25, -0.2) is 4.98 Å².